The van der Waals surface area contributed by atoms with Gasteiger partial charge in [0.2, 0.25) is 5.91 Å². The second kappa shape index (κ2) is 5.78. The van der Waals surface area contributed by atoms with Gasteiger partial charge in [0.1, 0.15) is 9.33 Å². The molecule has 1 aliphatic rings. The molecule has 1 amide bonds. The van der Waals surface area contributed by atoms with Crippen LogP contribution in [0.15, 0.2) is 6.07 Å². The van der Waals surface area contributed by atoms with E-state index in [2.05, 4.69) is 12.2 Å². The summed E-state index contributed by atoms with van der Waals surface area (Å²) in [5, 5.41) is 3.27. The van der Waals surface area contributed by atoms with Crippen molar-refractivity contribution in [1.29, 1.82) is 0 Å². The van der Waals surface area contributed by atoms with Gasteiger partial charge < -0.3 is 10.1 Å². The van der Waals surface area contributed by atoms with Crippen LogP contribution in [0.2, 0.25) is 0 Å². The second-order valence-corrected chi connectivity index (χ2v) is 7.99. The zero-order chi connectivity index (χ0) is 15.8. The fraction of sp³-hybridized carbons (Fsp3) is 0.571. The zero-order valence-corrected chi connectivity index (χ0v) is 14.4. The molecule has 1 N–H and O–H groups in total. The summed E-state index contributed by atoms with van der Waals surface area (Å²) < 4.78 is 3.72. The van der Waals surface area contributed by atoms with Gasteiger partial charge in [-0.25, -0.2) is 4.79 Å². The number of amides is 1. The molecule has 1 atom stereocenters. The van der Waals surface area contributed by atoms with E-state index in [0.29, 0.717) is 17.0 Å². The number of rotatable bonds is 5. The molecule has 0 saturated heterocycles. The number of anilines is 1. The molecule has 1 heterocycles. The molecule has 116 valence electrons. The van der Waals surface area contributed by atoms with Gasteiger partial charge in [-0.3, -0.25) is 4.79 Å². The quantitative estimate of drug-likeness (QED) is 0.645. The van der Waals surface area contributed by atoms with Crippen molar-refractivity contribution in [2.45, 2.75) is 37.4 Å². The lowest BCUT2D eigenvalue weighted by molar-refractivity contribution is -0.120. The van der Waals surface area contributed by atoms with Crippen molar-refractivity contribution in [2.24, 2.45) is 5.41 Å². The molecule has 0 aliphatic heterocycles. The average molecular weight is 350 g/mol. The SMILES string of the molecule is CCCc1cc(C(=O)OC)c(NC(=O)C2(C)CC2(Cl)Cl)s1. The standard InChI is InChI=1S/C14H17Cl2NO3S/c1-4-5-8-6-9(11(18)20-3)10(21-8)17-12(19)13(2)7-14(13,15)16/h6H,4-5,7H2,1-3H3,(H,17,19). The van der Waals surface area contributed by atoms with Gasteiger partial charge in [0.05, 0.1) is 18.1 Å². The number of halogens is 2. The molecule has 1 unspecified atom stereocenters. The molecule has 1 aliphatic carbocycles. The van der Waals surface area contributed by atoms with Crippen LogP contribution in [0, 0.1) is 5.41 Å². The molecule has 0 aromatic carbocycles. The van der Waals surface area contributed by atoms with Gasteiger partial charge in [-0.15, -0.1) is 34.5 Å². The second-order valence-electron chi connectivity index (χ2n) is 5.36. The van der Waals surface area contributed by atoms with E-state index in [1.54, 1.807) is 13.0 Å². The van der Waals surface area contributed by atoms with E-state index in [1.165, 1.54) is 18.4 Å². The summed E-state index contributed by atoms with van der Waals surface area (Å²) in [7, 11) is 1.32. The summed E-state index contributed by atoms with van der Waals surface area (Å²) in [5.41, 5.74) is -0.448. The lowest BCUT2D eigenvalue weighted by atomic mass is 10.1. The first-order chi connectivity index (χ1) is 9.75. The minimum Gasteiger partial charge on any atom is -0.465 e. The third-order valence-corrected chi connectivity index (χ3v) is 5.88. The van der Waals surface area contributed by atoms with Crippen LogP contribution in [-0.4, -0.2) is 23.3 Å². The maximum atomic E-state index is 12.3. The monoisotopic (exact) mass is 349 g/mol. The Morgan fingerprint density at radius 2 is 2.10 bits per heavy atom. The molecular formula is C14H17Cl2NO3S. The highest BCUT2D eigenvalue weighted by Crippen LogP contribution is 2.64. The van der Waals surface area contributed by atoms with Gasteiger partial charge in [0.25, 0.3) is 0 Å². The van der Waals surface area contributed by atoms with Crippen LogP contribution in [-0.2, 0) is 16.0 Å². The number of hydrogen-bond acceptors (Lipinski definition) is 4. The summed E-state index contributed by atoms with van der Waals surface area (Å²) in [6.45, 7) is 3.76. The van der Waals surface area contributed by atoms with E-state index in [4.69, 9.17) is 27.9 Å². The molecule has 7 heteroatoms. The van der Waals surface area contributed by atoms with Crippen LogP contribution < -0.4 is 5.32 Å². The molecular weight excluding hydrogens is 333 g/mol. The number of hydrogen-bond donors (Lipinski definition) is 1. The van der Waals surface area contributed by atoms with Crippen molar-refractivity contribution in [3.63, 3.8) is 0 Å². The van der Waals surface area contributed by atoms with Crippen molar-refractivity contribution in [3.05, 3.63) is 16.5 Å². The molecule has 1 aromatic rings. The normalized spacial score (nSPS) is 22.7. The van der Waals surface area contributed by atoms with E-state index >= 15 is 0 Å². The van der Waals surface area contributed by atoms with Crippen LogP contribution in [0.1, 0.15) is 41.9 Å². The van der Waals surface area contributed by atoms with Crippen LogP contribution >= 0.6 is 34.5 Å². The zero-order valence-electron chi connectivity index (χ0n) is 12.1. The lowest BCUT2D eigenvalue weighted by Gasteiger charge is -2.12. The Bertz CT molecular complexity index is 585. The summed E-state index contributed by atoms with van der Waals surface area (Å²) in [5.74, 6) is -0.740. The summed E-state index contributed by atoms with van der Waals surface area (Å²) in [6, 6.07) is 1.76. The predicted octanol–water partition coefficient (Wildman–Crippen LogP) is 4.01. The third kappa shape index (κ3) is 3.05. The summed E-state index contributed by atoms with van der Waals surface area (Å²) in [4.78, 5) is 25.1. The van der Waals surface area contributed by atoms with Gasteiger partial charge in [-0.2, -0.15) is 0 Å². The minimum absolute atomic E-state index is 0.275. The summed E-state index contributed by atoms with van der Waals surface area (Å²) >= 11 is 13.4. The molecule has 0 radical (unpaired) electrons. The van der Waals surface area contributed by atoms with E-state index in [0.717, 1.165) is 17.7 Å². The molecule has 0 bridgehead atoms. The molecule has 4 nitrogen and oxygen atoms in total. The van der Waals surface area contributed by atoms with Crippen LogP contribution in [0.4, 0.5) is 5.00 Å². The Labute approximate surface area is 137 Å². The number of esters is 1. The topological polar surface area (TPSA) is 55.4 Å². The lowest BCUT2D eigenvalue weighted by Crippen LogP contribution is -2.26. The van der Waals surface area contributed by atoms with E-state index in [1.807, 2.05) is 0 Å². The Hall–Kier alpha value is -0.780. The van der Waals surface area contributed by atoms with Gasteiger partial charge >= 0.3 is 5.97 Å². The molecule has 1 fully saturated rings. The predicted molar refractivity (Wildman–Crippen MR) is 85.4 cm³/mol. The van der Waals surface area contributed by atoms with E-state index in [-0.39, 0.29) is 5.91 Å². The Kier molecular flexibility index (Phi) is 4.57. The van der Waals surface area contributed by atoms with Crippen molar-refractivity contribution < 1.29 is 14.3 Å². The van der Waals surface area contributed by atoms with Crippen molar-refractivity contribution >= 4 is 51.4 Å². The molecule has 0 spiro atoms. The number of ether oxygens (including phenoxy) is 1. The maximum Gasteiger partial charge on any atom is 0.340 e. The van der Waals surface area contributed by atoms with E-state index in [9.17, 15) is 9.59 Å². The number of alkyl halides is 2. The Morgan fingerprint density at radius 3 is 2.57 bits per heavy atom. The number of thiophene rings is 1. The number of aryl methyl sites for hydroxylation is 1. The van der Waals surface area contributed by atoms with Crippen LogP contribution in [0.5, 0.6) is 0 Å². The largest absolute Gasteiger partial charge is 0.465 e. The highest BCUT2D eigenvalue weighted by molar-refractivity contribution is 7.16. The van der Waals surface area contributed by atoms with Gasteiger partial charge in [-0.1, -0.05) is 13.3 Å². The highest BCUT2D eigenvalue weighted by Gasteiger charge is 2.68. The molecule has 1 aromatic heterocycles. The third-order valence-electron chi connectivity index (χ3n) is 3.67. The molecule has 1 saturated carbocycles. The van der Waals surface area contributed by atoms with Crippen LogP contribution in [0.3, 0.4) is 0 Å². The molecule has 21 heavy (non-hydrogen) atoms. The maximum absolute atomic E-state index is 12.3. The number of methoxy groups -OCH3 is 1. The average Bonchev–Trinajstić information content (AvgIpc) is 2.76. The number of carbonyl (C=O) groups excluding carboxylic acids is 2. The van der Waals surface area contributed by atoms with Gasteiger partial charge in [-0.05, 0) is 25.8 Å². The highest BCUT2D eigenvalue weighted by atomic mass is 35.5. The van der Waals surface area contributed by atoms with Gasteiger partial charge in [0.15, 0.2) is 0 Å². The number of nitrogens with one attached hydrogen (secondary N) is 1. The fourth-order valence-corrected chi connectivity index (χ4v) is 3.90. The Morgan fingerprint density at radius 1 is 1.48 bits per heavy atom. The minimum atomic E-state index is -1.04. The first-order valence-corrected chi connectivity index (χ1v) is 8.22. The summed E-state index contributed by atoms with van der Waals surface area (Å²) in [6.07, 6.45) is 2.20. The van der Waals surface area contributed by atoms with E-state index < -0.39 is 15.7 Å². The first kappa shape index (κ1) is 16.6. The molecule has 2 rings (SSSR count). The van der Waals surface area contributed by atoms with Crippen molar-refractivity contribution in [2.75, 3.05) is 12.4 Å². The van der Waals surface area contributed by atoms with Gasteiger partial charge in [0, 0.05) is 4.88 Å². The Balaban J connectivity index is 2.23. The number of carbonyl (C=O) groups is 2. The van der Waals surface area contributed by atoms with Crippen LogP contribution in [0.25, 0.3) is 0 Å². The smallest absolute Gasteiger partial charge is 0.340 e. The first-order valence-electron chi connectivity index (χ1n) is 6.65. The van der Waals surface area contributed by atoms with Crippen molar-refractivity contribution in [1.82, 2.24) is 0 Å². The van der Waals surface area contributed by atoms with Crippen molar-refractivity contribution in [3.8, 4) is 0 Å². The fourth-order valence-electron chi connectivity index (χ4n) is 2.05.